The number of hydrogen-bond acceptors (Lipinski definition) is 4. The molecule has 2 aromatic rings. The van der Waals surface area contributed by atoms with E-state index in [0.29, 0.717) is 11.8 Å². The molecule has 0 amide bonds. The van der Waals surface area contributed by atoms with Gasteiger partial charge in [-0.3, -0.25) is 20.2 Å². The van der Waals surface area contributed by atoms with Crippen molar-refractivity contribution in [3.8, 4) is 0 Å². The highest BCUT2D eigenvalue weighted by atomic mass is 16.6. The fourth-order valence-electron chi connectivity index (χ4n) is 5.16. The summed E-state index contributed by atoms with van der Waals surface area (Å²) in [6.07, 6.45) is 4.55. The van der Waals surface area contributed by atoms with Crippen LogP contribution in [0.15, 0.2) is 48.5 Å². The van der Waals surface area contributed by atoms with E-state index in [2.05, 4.69) is 0 Å². The van der Waals surface area contributed by atoms with Crippen molar-refractivity contribution in [2.24, 2.45) is 11.8 Å². The molecule has 2 saturated carbocycles. The van der Waals surface area contributed by atoms with Gasteiger partial charge in [0.05, 0.1) is 9.85 Å². The van der Waals surface area contributed by atoms with E-state index in [1.807, 2.05) is 24.3 Å². The molecule has 2 aromatic carbocycles. The first kappa shape index (κ1) is 15.7. The Labute approximate surface area is 144 Å². The van der Waals surface area contributed by atoms with Crippen molar-refractivity contribution < 1.29 is 9.85 Å². The summed E-state index contributed by atoms with van der Waals surface area (Å²) in [5.41, 5.74) is 2.19. The number of non-ortho nitro benzene ring substituents is 2. The van der Waals surface area contributed by atoms with Crippen LogP contribution in [0, 0.1) is 32.1 Å². The normalized spacial score (nSPS) is 23.5. The Hall–Kier alpha value is -2.76. The third kappa shape index (κ3) is 2.24. The number of hydrogen-bond donors (Lipinski definition) is 0. The number of fused-ring (bicyclic) bond motifs is 2. The van der Waals surface area contributed by atoms with Crippen molar-refractivity contribution in [3.05, 3.63) is 79.9 Å². The second-order valence-corrected chi connectivity index (χ2v) is 7.03. The fourth-order valence-corrected chi connectivity index (χ4v) is 5.16. The second-order valence-electron chi connectivity index (χ2n) is 7.03. The molecular formula is C19H18N2O4. The Morgan fingerprint density at radius 2 is 1.00 bits per heavy atom. The van der Waals surface area contributed by atoms with E-state index in [0.717, 1.165) is 36.8 Å². The van der Waals surface area contributed by atoms with Crippen LogP contribution in [0.4, 0.5) is 11.4 Å². The lowest BCUT2D eigenvalue weighted by Gasteiger charge is -2.36. The molecule has 0 aromatic heterocycles. The molecule has 6 nitrogen and oxygen atoms in total. The van der Waals surface area contributed by atoms with Gasteiger partial charge in [0, 0.05) is 29.7 Å². The molecule has 0 radical (unpaired) electrons. The van der Waals surface area contributed by atoms with Gasteiger partial charge in [-0.2, -0.15) is 0 Å². The highest BCUT2D eigenvalue weighted by molar-refractivity contribution is 5.49. The molecule has 0 heterocycles. The Balaban J connectivity index is 1.84. The average molecular weight is 338 g/mol. The van der Waals surface area contributed by atoms with Gasteiger partial charge in [0.15, 0.2) is 0 Å². The van der Waals surface area contributed by atoms with Crippen molar-refractivity contribution in [2.45, 2.75) is 31.1 Å². The number of nitro groups is 2. The molecule has 2 aliphatic carbocycles. The van der Waals surface area contributed by atoms with Crippen molar-refractivity contribution in [1.29, 1.82) is 0 Å². The summed E-state index contributed by atoms with van der Waals surface area (Å²) in [5.74, 6) is 0.973. The molecule has 25 heavy (non-hydrogen) atoms. The molecule has 2 bridgehead atoms. The minimum atomic E-state index is -0.383. The summed E-state index contributed by atoms with van der Waals surface area (Å²) in [7, 11) is 0. The van der Waals surface area contributed by atoms with E-state index in [1.54, 1.807) is 24.3 Å². The Morgan fingerprint density at radius 1 is 0.680 bits per heavy atom. The van der Waals surface area contributed by atoms with Gasteiger partial charge in [-0.1, -0.05) is 24.3 Å². The van der Waals surface area contributed by atoms with Crippen LogP contribution in [0.2, 0.25) is 0 Å². The van der Waals surface area contributed by atoms with Crippen molar-refractivity contribution >= 4 is 11.4 Å². The lowest BCUT2D eigenvalue weighted by Crippen LogP contribution is -2.33. The zero-order chi connectivity index (χ0) is 17.6. The molecular weight excluding hydrogens is 320 g/mol. The third-order valence-electron chi connectivity index (χ3n) is 6.13. The molecule has 0 saturated heterocycles. The quantitative estimate of drug-likeness (QED) is 0.602. The van der Waals surface area contributed by atoms with Crippen molar-refractivity contribution in [3.63, 3.8) is 0 Å². The van der Waals surface area contributed by atoms with Gasteiger partial charge >= 0.3 is 0 Å². The van der Waals surface area contributed by atoms with Gasteiger partial charge in [0.25, 0.3) is 11.4 Å². The monoisotopic (exact) mass is 338 g/mol. The Morgan fingerprint density at radius 3 is 1.28 bits per heavy atom. The van der Waals surface area contributed by atoms with E-state index in [4.69, 9.17) is 0 Å². The maximum Gasteiger partial charge on any atom is 0.269 e. The van der Waals surface area contributed by atoms with Crippen LogP contribution < -0.4 is 0 Å². The maximum absolute atomic E-state index is 11.0. The third-order valence-corrected chi connectivity index (χ3v) is 6.13. The predicted octanol–water partition coefficient (Wildman–Crippen LogP) is 4.61. The SMILES string of the molecule is O=[N+]([O-])c1ccc(C2(c3ccc([N+](=O)[O-])cc3)C3CCC2CC3)cc1. The molecule has 0 spiro atoms. The Bertz CT molecular complexity index is 750. The summed E-state index contributed by atoms with van der Waals surface area (Å²) in [6.45, 7) is 0. The molecule has 0 unspecified atom stereocenters. The number of nitrogens with zero attached hydrogens (tertiary/aromatic N) is 2. The fraction of sp³-hybridized carbons (Fsp3) is 0.368. The first-order valence-corrected chi connectivity index (χ1v) is 8.53. The summed E-state index contributed by atoms with van der Waals surface area (Å²) < 4.78 is 0. The minimum absolute atomic E-state index is 0.0907. The Kier molecular flexibility index (Phi) is 3.56. The summed E-state index contributed by atoms with van der Waals surface area (Å²) >= 11 is 0. The summed E-state index contributed by atoms with van der Waals surface area (Å²) in [6, 6.07) is 13.8. The van der Waals surface area contributed by atoms with E-state index in [1.165, 1.54) is 0 Å². The summed E-state index contributed by atoms with van der Waals surface area (Å²) in [5, 5.41) is 21.9. The zero-order valence-electron chi connectivity index (χ0n) is 13.6. The molecule has 6 heteroatoms. The van der Waals surface area contributed by atoms with E-state index in [-0.39, 0.29) is 26.6 Å². The molecule has 0 atom stereocenters. The van der Waals surface area contributed by atoms with Gasteiger partial charge in [0.2, 0.25) is 0 Å². The van der Waals surface area contributed by atoms with E-state index < -0.39 is 0 Å². The zero-order valence-corrected chi connectivity index (χ0v) is 13.6. The van der Waals surface area contributed by atoms with Crippen LogP contribution in [-0.4, -0.2) is 9.85 Å². The number of benzene rings is 2. The molecule has 2 fully saturated rings. The molecule has 0 N–H and O–H groups in total. The first-order chi connectivity index (χ1) is 12.0. The van der Waals surface area contributed by atoms with Crippen LogP contribution in [0.5, 0.6) is 0 Å². The van der Waals surface area contributed by atoms with Crippen molar-refractivity contribution in [2.75, 3.05) is 0 Å². The maximum atomic E-state index is 11.0. The van der Waals surface area contributed by atoms with Gasteiger partial charge in [-0.05, 0) is 48.6 Å². The minimum Gasteiger partial charge on any atom is -0.258 e. The van der Waals surface area contributed by atoms with E-state index >= 15 is 0 Å². The smallest absolute Gasteiger partial charge is 0.258 e. The van der Waals surface area contributed by atoms with Crippen LogP contribution in [0.25, 0.3) is 0 Å². The number of rotatable bonds is 4. The summed E-state index contributed by atoms with van der Waals surface area (Å²) in [4.78, 5) is 21.2. The van der Waals surface area contributed by atoms with Gasteiger partial charge in [-0.15, -0.1) is 0 Å². The van der Waals surface area contributed by atoms with Gasteiger partial charge < -0.3 is 0 Å². The molecule has 128 valence electrons. The largest absolute Gasteiger partial charge is 0.269 e. The second kappa shape index (κ2) is 5.65. The van der Waals surface area contributed by atoms with Gasteiger partial charge in [-0.25, -0.2) is 0 Å². The lowest BCUT2D eigenvalue weighted by atomic mass is 9.67. The lowest BCUT2D eigenvalue weighted by molar-refractivity contribution is -0.385. The molecule has 2 aliphatic rings. The highest BCUT2D eigenvalue weighted by Gasteiger charge is 2.56. The molecule has 0 aliphatic heterocycles. The van der Waals surface area contributed by atoms with Crippen molar-refractivity contribution in [1.82, 2.24) is 0 Å². The topological polar surface area (TPSA) is 86.3 Å². The number of nitro benzene ring substituents is 2. The van der Waals surface area contributed by atoms with Crippen LogP contribution in [-0.2, 0) is 5.41 Å². The van der Waals surface area contributed by atoms with Crippen LogP contribution >= 0.6 is 0 Å². The van der Waals surface area contributed by atoms with Crippen LogP contribution in [0.3, 0.4) is 0 Å². The van der Waals surface area contributed by atoms with Gasteiger partial charge in [0.1, 0.15) is 0 Å². The average Bonchev–Trinajstić information content (AvgIpc) is 3.18. The molecule has 4 rings (SSSR count). The highest BCUT2D eigenvalue weighted by Crippen LogP contribution is 2.62. The van der Waals surface area contributed by atoms with Crippen LogP contribution in [0.1, 0.15) is 36.8 Å². The predicted molar refractivity (Wildman–Crippen MR) is 92.4 cm³/mol. The first-order valence-electron chi connectivity index (χ1n) is 8.53. The standard InChI is InChI=1S/C19H18N2O4/c22-20(23)17-9-5-15(6-10-17)19(13-1-2-14(19)4-3-13)16-7-11-18(12-8-16)21(24)25/h5-14H,1-4H2. The van der Waals surface area contributed by atoms with E-state index in [9.17, 15) is 20.2 Å².